The highest BCUT2D eigenvalue weighted by Crippen LogP contribution is 2.30. The molecular formula is C16H12N2O5S. The first kappa shape index (κ1) is 14.7. The third-order valence-electron chi connectivity index (χ3n) is 3.48. The number of aromatic amines is 1. The summed E-state index contributed by atoms with van der Waals surface area (Å²) in [6, 6.07) is 6.60. The summed E-state index contributed by atoms with van der Waals surface area (Å²) < 4.78 is 16.6. The maximum absolute atomic E-state index is 12.2. The Hall–Kier alpha value is -2.87. The van der Waals surface area contributed by atoms with Gasteiger partial charge in [0.15, 0.2) is 11.5 Å². The molecule has 1 aliphatic heterocycles. The van der Waals surface area contributed by atoms with E-state index in [-0.39, 0.29) is 12.2 Å². The van der Waals surface area contributed by atoms with E-state index in [1.54, 1.807) is 29.6 Å². The van der Waals surface area contributed by atoms with E-state index in [4.69, 9.17) is 14.2 Å². The number of carbonyl (C=O) groups is 1. The number of nitrogens with one attached hydrogen (secondary N) is 1. The first-order valence-corrected chi connectivity index (χ1v) is 8.12. The third kappa shape index (κ3) is 2.71. The van der Waals surface area contributed by atoms with Gasteiger partial charge in [-0.15, -0.1) is 11.3 Å². The number of H-pyrrole nitrogens is 1. The van der Waals surface area contributed by atoms with E-state index >= 15 is 0 Å². The molecule has 7 nitrogen and oxygen atoms in total. The summed E-state index contributed by atoms with van der Waals surface area (Å²) in [4.78, 5) is 30.9. The predicted octanol–water partition coefficient (Wildman–Crippen LogP) is 2.11. The number of benzene rings is 1. The zero-order valence-corrected chi connectivity index (χ0v) is 13.2. The Bertz CT molecular complexity index is 978. The van der Waals surface area contributed by atoms with Crippen molar-refractivity contribution < 1.29 is 19.0 Å². The fourth-order valence-corrected chi connectivity index (χ4v) is 3.10. The standard InChI is InChI=1S/C16H12N2O5S/c19-15-14-10(3-6-24-14)17-13(18-15)8-23-16(20)9-1-2-11-12(7-9)22-5-4-21-11/h1-3,6-7H,4-5,8H2,(H,17,18,19). The van der Waals surface area contributed by atoms with Crippen molar-refractivity contribution in [2.24, 2.45) is 0 Å². The van der Waals surface area contributed by atoms with Crippen LogP contribution in [-0.2, 0) is 11.3 Å². The average Bonchev–Trinajstić information content (AvgIpc) is 3.08. The zero-order chi connectivity index (χ0) is 16.5. The fraction of sp³-hybridized carbons (Fsp3) is 0.188. The SMILES string of the molecule is O=C(OCc1nc2ccsc2c(=O)[nH]1)c1ccc2c(c1)OCCO2. The van der Waals surface area contributed by atoms with Crippen molar-refractivity contribution in [2.75, 3.05) is 13.2 Å². The molecule has 0 saturated carbocycles. The Balaban J connectivity index is 1.50. The fourth-order valence-electron chi connectivity index (χ4n) is 2.38. The van der Waals surface area contributed by atoms with Gasteiger partial charge in [0.2, 0.25) is 0 Å². The molecule has 0 amide bonds. The molecule has 0 unspecified atom stereocenters. The Kier molecular flexibility index (Phi) is 3.66. The van der Waals surface area contributed by atoms with Gasteiger partial charge in [0, 0.05) is 0 Å². The molecule has 1 aliphatic rings. The lowest BCUT2D eigenvalue weighted by molar-refractivity contribution is 0.0461. The molecular weight excluding hydrogens is 332 g/mol. The molecule has 122 valence electrons. The Morgan fingerprint density at radius 2 is 2.08 bits per heavy atom. The largest absolute Gasteiger partial charge is 0.486 e. The van der Waals surface area contributed by atoms with Crippen molar-refractivity contribution in [1.82, 2.24) is 9.97 Å². The number of hydrogen-bond acceptors (Lipinski definition) is 7. The Morgan fingerprint density at radius 1 is 1.25 bits per heavy atom. The molecule has 1 aromatic carbocycles. The van der Waals surface area contributed by atoms with Gasteiger partial charge in [0.05, 0.1) is 11.1 Å². The van der Waals surface area contributed by atoms with Crippen LogP contribution in [0.3, 0.4) is 0 Å². The summed E-state index contributed by atoms with van der Waals surface area (Å²) in [7, 11) is 0. The first-order valence-electron chi connectivity index (χ1n) is 7.24. The minimum atomic E-state index is -0.528. The van der Waals surface area contributed by atoms with Gasteiger partial charge < -0.3 is 19.2 Å². The van der Waals surface area contributed by atoms with E-state index in [9.17, 15) is 9.59 Å². The molecule has 4 rings (SSSR count). The lowest BCUT2D eigenvalue weighted by atomic mass is 10.2. The van der Waals surface area contributed by atoms with Crippen LogP contribution >= 0.6 is 11.3 Å². The molecule has 0 atom stereocenters. The molecule has 0 saturated heterocycles. The van der Waals surface area contributed by atoms with Gasteiger partial charge in [0.25, 0.3) is 5.56 Å². The molecule has 0 fully saturated rings. The van der Waals surface area contributed by atoms with E-state index in [0.717, 1.165) is 0 Å². The highest BCUT2D eigenvalue weighted by molar-refractivity contribution is 7.17. The van der Waals surface area contributed by atoms with Crippen molar-refractivity contribution in [2.45, 2.75) is 6.61 Å². The number of nitrogens with zero attached hydrogens (tertiary/aromatic N) is 1. The number of hydrogen-bond donors (Lipinski definition) is 1. The highest BCUT2D eigenvalue weighted by Gasteiger charge is 2.16. The maximum Gasteiger partial charge on any atom is 0.338 e. The van der Waals surface area contributed by atoms with E-state index in [0.29, 0.717) is 46.3 Å². The van der Waals surface area contributed by atoms with Crippen LogP contribution in [0.2, 0.25) is 0 Å². The first-order chi connectivity index (χ1) is 11.7. The highest BCUT2D eigenvalue weighted by atomic mass is 32.1. The summed E-state index contributed by atoms with van der Waals surface area (Å²) in [5, 5.41) is 1.79. The van der Waals surface area contributed by atoms with Gasteiger partial charge in [-0.25, -0.2) is 9.78 Å². The molecule has 0 spiro atoms. The average molecular weight is 344 g/mol. The molecule has 24 heavy (non-hydrogen) atoms. The molecule has 8 heteroatoms. The monoisotopic (exact) mass is 344 g/mol. The van der Waals surface area contributed by atoms with Crippen LogP contribution in [0, 0.1) is 0 Å². The number of carbonyl (C=O) groups excluding carboxylic acids is 1. The van der Waals surface area contributed by atoms with Crippen LogP contribution in [0.25, 0.3) is 10.2 Å². The maximum atomic E-state index is 12.2. The van der Waals surface area contributed by atoms with Crippen LogP contribution in [0.5, 0.6) is 11.5 Å². The summed E-state index contributed by atoms with van der Waals surface area (Å²) >= 11 is 1.32. The quantitative estimate of drug-likeness (QED) is 0.732. The lowest BCUT2D eigenvalue weighted by Crippen LogP contribution is -2.16. The van der Waals surface area contributed by atoms with Gasteiger partial charge in [-0.3, -0.25) is 4.79 Å². The number of fused-ring (bicyclic) bond motifs is 2. The summed E-state index contributed by atoms with van der Waals surface area (Å²) in [5.74, 6) is 0.894. The van der Waals surface area contributed by atoms with Gasteiger partial charge >= 0.3 is 5.97 Å². The molecule has 0 aliphatic carbocycles. The van der Waals surface area contributed by atoms with Crippen LogP contribution in [0.1, 0.15) is 16.2 Å². The zero-order valence-electron chi connectivity index (χ0n) is 12.4. The second-order valence-electron chi connectivity index (χ2n) is 5.08. The number of thiophene rings is 1. The molecule has 1 N–H and O–H groups in total. The van der Waals surface area contributed by atoms with E-state index in [1.165, 1.54) is 11.3 Å². The topological polar surface area (TPSA) is 90.5 Å². The summed E-state index contributed by atoms with van der Waals surface area (Å²) in [6.07, 6.45) is 0. The number of esters is 1. The van der Waals surface area contributed by atoms with Crippen LogP contribution in [0.15, 0.2) is 34.4 Å². The van der Waals surface area contributed by atoms with Crippen LogP contribution in [-0.4, -0.2) is 29.2 Å². The number of ether oxygens (including phenoxy) is 3. The van der Waals surface area contributed by atoms with Crippen molar-refractivity contribution in [1.29, 1.82) is 0 Å². The minimum Gasteiger partial charge on any atom is -0.486 e. The van der Waals surface area contributed by atoms with Gasteiger partial charge in [-0.2, -0.15) is 0 Å². The normalized spacial score (nSPS) is 13.0. The predicted molar refractivity (Wildman–Crippen MR) is 86.8 cm³/mol. The molecule has 0 radical (unpaired) electrons. The van der Waals surface area contributed by atoms with Crippen molar-refractivity contribution >= 4 is 27.5 Å². The third-order valence-corrected chi connectivity index (χ3v) is 4.38. The molecule has 3 aromatic rings. The van der Waals surface area contributed by atoms with Crippen molar-refractivity contribution in [3.63, 3.8) is 0 Å². The van der Waals surface area contributed by atoms with Gasteiger partial charge in [-0.05, 0) is 29.6 Å². The Morgan fingerprint density at radius 3 is 2.96 bits per heavy atom. The number of rotatable bonds is 3. The van der Waals surface area contributed by atoms with Gasteiger partial charge in [-0.1, -0.05) is 0 Å². The second kappa shape index (κ2) is 5.97. The summed E-state index contributed by atoms with van der Waals surface area (Å²) in [5.41, 5.74) is 0.702. The molecule has 3 heterocycles. The second-order valence-corrected chi connectivity index (χ2v) is 6.00. The van der Waals surface area contributed by atoms with Crippen molar-refractivity contribution in [3.8, 4) is 11.5 Å². The summed E-state index contributed by atoms with van der Waals surface area (Å²) in [6.45, 7) is 0.812. The van der Waals surface area contributed by atoms with E-state index < -0.39 is 5.97 Å². The molecule has 2 aromatic heterocycles. The smallest absolute Gasteiger partial charge is 0.338 e. The number of aromatic nitrogens is 2. The van der Waals surface area contributed by atoms with E-state index in [2.05, 4.69) is 9.97 Å². The van der Waals surface area contributed by atoms with Crippen LogP contribution < -0.4 is 15.0 Å². The van der Waals surface area contributed by atoms with E-state index in [1.807, 2.05) is 0 Å². The lowest BCUT2D eigenvalue weighted by Gasteiger charge is -2.18. The van der Waals surface area contributed by atoms with Gasteiger partial charge in [0.1, 0.15) is 30.3 Å². The molecule has 0 bridgehead atoms. The minimum absolute atomic E-state index is 0.117. The Labute approximate surface area is 139 Å². The van der Waals surface area contributed by atoms with Crippen LogP contribution in [0.4, 0.5) is 0 Å². The van der Waals surface area contributed by atoms with Crippen molar-refractivity contribution in [3.05, 3.63) is 51.4 Å².